The third-order valence-corrected chi connectivity index (χ3v) is 7.93. The molecule has 0 N–H and O–H groups in total. The Morgan fingerprint density at radius 1 is 0.809 bits per heavy atom. The van der Waals surface area contributed by atoms with Crippen LogP contribution in [0.5, 0.6) is 0 Å². The van der Waals surface area contributed by atoms with Gasteiger partial charge in [-0.05, 0) is 56.2 Å². The van der Waals surface area contributed by atoms with Gasteiger partial charge in [0.05, 0.1) is 43.0 Å². The Balaban J connectivity index is 0.00000384. The fraction of sp³-hybridized carbons (Fsp3) is 0.516. The molecular weight excluding hydrogens is 688 g/mol. The first-order valence-electron chi connectivity index (χ1n) is 14.1. The van der Waals surface area contributed by atoms with Crippen molar-refractivity contribution >= 4 is 30.7 Å². The molecule has 4 rings (SSSR count). The smallest absolute Gasteiger partial charge is 0.378 e. The molecule has 0 radical (unpaired) electrons. The van der Waals surface area contributed by atoms with E-state index >= 15 is 0 Å². The van der Waals surface area contributed by atoms with Gasteiger partial charge in [-0.3, -0.25) is 14.6 Å². The predicted octanol–water partition coefficient (Wildman–Crippen LogP) is 7.07. The standard InChI is InChI=1S/C31H32F9N3O2.2ClH/c1-28(2)20-45-14-13-42(28)10-4-3-9-41-11-12-43(26(19-41)15-21-5-7-23(8-6-21)29(32,33)34)27(44)22-16-24(30(35,36)37)18-25(17-22)31(38,39)40;;/h5-8,16-18,26H,9-15,19-20H2,1-2H3;2*1H/t26-;;/m1../s1. The number of carbonyl (C=O) groups excluding carboxylic acids is 1. The molecule has 0 spiro atoms. The number of rotatable bonds is 5. The molecule has 47 heavy (non-hydrogen) atoms. The Labute approximate surface area is 279 Å². The first-order valence-corrected chi connectivity index (χ1v) is 14.1. The van der Waals surface area contributed by atoms with E-state index in [2.05, 4.69) is 16.7 Å². The van der Waals surface area contributed by atoms with Crippen molar-refractivity contribution in [3.05, 3.63) is 70.3 Å². The SMILES string of the molecule is CC1(C)COCCN1CC#CCN1CCN(C(=O)c2cc(C(F)(F)F)cc(C(F)(F)F)c2)[C@H](Cc2ccc(C(F)(F)F)cc2)C1.Cl.Cl. The summed E-state index contributed by atoms with van der Waals surface area (Å²) in [5.74, 6) is 5.17. The van der Waals surface area contributed by atoms with E-state index in [1.165, 1.54) is 17.0 Å². The highest BCUT2D eigenvalue weighted by atomic mass is 35.5. The molecule has 262 valence electrons. The monoisotopic (exact) mass is 721 g/mol. The molecule has 0 aliphatic carbocycles. The van der Waals surface area contributed by atoms with E-state index in [0.29, 0.717) is 44.0 Å². The predicted molar refractivity (Wildman–Crippen MR) is 162 cm³/mol. The fourth-order valence-corrected chi connectivity index (χ4v) is 5.35. The van der Waals surface area contributed by atoms with Gasteiger partial charge in [0.15, 0.2) is 0 Å². The van der Waals surface area contributed by atoms with Gasteiger partial charge in [-0.1, -0.05) is 24.0 Å². The number of alkyl halides is 9. The zero-order valence-corrected chi connectivity index (χ0v) is 27.0. The molecule has 2 saturated heterocycles. The maximum atomic E-state index is 13.5. The molecule has 2 aliphatic rings. The van der Waals surface area contributed by atoms with Crippen LogP contribution in [0.2, 0.25) is 0 Å². The first-order chi connectivity index (χ1) is 20.8. The van der Waals surface area contributed by atoms with E-state index in [9.17, 15) is 44.3 Å². The number of benzene rings is 2. The van der Waals surface area contributed by atoms with Gasteiger partial charge >= 0.3 is 18.5 Å². The van der Waals surface area contributed by atoms with Gasteiger partial charge in [-0.15, -0.1) is 24.8 Å². The minimum Gasteiger partial charge on any atom is -0.378 e. The number of nitrogens with zero attached hydrogens (tertiary/aromatic N) is 3. The van der Waals surface area contributed by atoms with E-state index < -0.39 is 52.7 Å². The normalized spacial score (nSPS) is 19.2. The molecule has 2 heterocycles. The van der Waals surface area contributed by atoms with Gasteiger partial charge in [-0.2, -0.15) is 39.5 Å². The van der Waals surface area contributed by atoms with Crippen LogP contribution in [0, 0.1) is 11.8 Å². The van der Waals surface area contributed by atoms with Crippen molar-refractivity contribution in [3.8, 4) is 11.8 Å². The number of morpholine rings is 1. The van der Waals surface area contributed by atoms with Gasteiger partial charge in [0, 0.05) is 43.3 Å². The van der Waals surface area contributed by atoms with E-state index in [-0.39, 0.29) is 69.0 Å². The Bertz CT molecular complexity index is 1390. The summed E-state index contributed by atoms with van der Waals surface area (Å²) < 4.78 is 126. The highest BCUT2D eigenvalue weighted by Gasteiger charge is 2.39. The number of piperazine rings is 1. The molecule has 2 aromatic rings. The molecule has 1 amide bonds. The lowest BCUT2D eigenvalue weighted by Gasteiger charge is -2.41. The van der Waals surface area contributed by atoms with Crippen molar-refractivity contribution in [2.75, 3.05) is 52.5 Å². The molecular formula is C31H34Cl2F9N3O2. The maximum Gasteiger partial charge on any atom is 0.416 e. The molecule has 0 aromatic heterocycles. The number of ether oxygens (including phenoxy) is 1. The van der Waals surface area contributed by atoms with Crippen LogP contribution in [0.4, 0.5) is 39.5 Å². The second kappa shape index (κ2) is 15.7. The van der Waals surface area contributed by atoms with Crippen molar-refractivity contribution in [1.29, 1.82) is 0 Å². The van der Waals surface area contributed by atoms with Crippen molar-refractivity contribution in [3.63, 3.8) is 0 Å². The summed E-state index contributed by atoms with van der Waals surface area (Å²) >= 11 is 0. The quantitative estimate of drug-likeness (QED) is 0.245. The molecule has 2 aromatic carbocycles. The van der Waals surface area contributed by atoms with Crippen LogP contribution >= 0.6 is 24.8 Å². The molecule has 2 aliphatic heterocycles. The summed E-state index contributed by atoms with van der Waals surface area (Å²) in [6.07, 6.45) is -14.8. The van der Waals surface area contributed by atoms with E-state index in [1.54, 1.807) is 0 Å². The Morgan fingerprint density at radius 2 is 1.36 bits per heavy atom. The van der Waals surface area contributed by atoms with E-state index in [4.69, 9.17) is 4.74 Å². The lowest BCUT2D eigenvalue weighted by atomic mass is 9.98. The van der Waals surface area contributed by atoms with Crippen molar-refractivity contribution < 1.29 is 49.0 Å². The minimum atomic E-state index is -5.14. The second-order valence-electron chi connectivity index (χ2n) is 11.7. The summed E-state index contributed by atoms with van der Waals surface area (Å²) in [7, 11) is 0. The molecule has 0 saturated carbocycles. The summed E-state index contributed by atoms with van der Waals surface area (Å²) in [6.45, 7) is 7.04. The van der Waals surface area contributed by atoms with Crippen molar-refractivity contribution in [2.24, 2.45) is 0 Å². The average Bonchev–Trinajstić information content (AvgIpc) is 2.94. The number of hydrogen-bond acceptors (Lipinski definition) is 4. The summed E-state index contributed by atoms with van der Waals surface area (Å²) in [5.41, 5.74) is -4.67. The highest BCUT2D eigenvalue weighted by molar-refractivity contribution is 5.95. The highest BCUT2D eigenvalue weighted by Crippen LogP contribution is 2.37. The lowest BCUT2D eigenvalue weighted by molar-refractivity contribution is -0.143. The van der Waals surface area contributed by atoms with Crippen LogP contribution in [-0.4, -0.2) is 84.7 Å². The van der Waals surface area contributed by atoms with Gasteiger partial charge in [0.1, 0.15) is 0 Å². The number of hydrogen-bond donors (Lipinski definition) is 0. The minimum absolute atomic E-state index is 0. The van der Waals surface area contributed by atoms with Gasteiger partial charge in [-0.25, -0.2) is 0 Å². The fourth-order valence-electron chi connectivity index (χ4n) is 5.35. The Kier molecular flexibility index (Phi) is 13.5. The number of carbonyl (C=O) groups is 1. The van der Waals surface area contributed by atoms with Crippen molar-refractivity contribution in [1.82, 2.24) is 14.7 Å². The second-order valence-corrected chi connectivity index (χ2v) is 11.7. The molecule has 5 nitrogen and oxygen atoms in total. The van der Waals surface area contributed by atoms with Gasteiger partial charge < -0.3 is 9.64 Å². The molecule has 1 atom stereocenters. The Hall–Kier alpha value is -2.70. The molecule has 2 fully saturated rings. The molecule has 16 heteroatoms. The average molecular weight is 723 g/mol. The summed E-state index contributed by atoms with van der Waals surface area (Å²) in [5, 5.41) is 0. The third-order valence-electron chi connectivity index (χ3n) is 7.93. The maximum absolute atomic E-state index is 13.5. The Morgan fingerprint density at radius 3 is 1.89 bits per heavy atom. The van der Waals surface area contributed by atoms with Crippen LogP contribution in [-0.2, 0) is 29.7 Å². The van der Waals surface area contributed by atoms with E-state index in [1.807, 2.05) is 18.7 Å². The summed E-state index contributed by atoms with van der Waals surface area (Å²) in [6, 6.07) is 4.18. The van der Waals surface area contributed by atoms with Crippen LogP contribution in [0.25, 0.3) is 0 Å². The topological polar surface area (TPSA) is 36.0 Å². The van der Waals surface area contributed by atoms with Crippen LogP contribution < -0.4 is 0 Å². The molecule has 0 bridgehead atoms. The van der Waals surface area contributed by atoms with Crippen molar-refractivity contribution in [2.45, 2.75) is 50.4 Å². The van der Waals surface area contributed by atoms with Gasteiger partial charge in [0.2, 0.25) is 0 Å². The zero-order valence-electron chi connectivity index (χ0n) is 25.4. The zero-order chi connectivity index (χ0) is 33.2. The van der Waals surface area contributed by atoms with Crippen LogP contribution in [0.15, 0.2) is 42.5 Å². The largest absolute Gasteiger partial charge is 0.416 e. The number of halogens is 11. The third kappa shape index (κ3) is 10.6. The first kappa shape index (κ1) is 40.5. The lowest BCUT2D eigenvalue weighted by Crippen LogP contribution is -2.56. The van der Waals surface area contributed by atoms with Crippen LogP contribution in [0.3, 0.4) is 0 Å². The van der Waals surface area contributed by atoms with Crippen LogP contribution in [0.1, 0.15) is 46.5 Å². The molecule has 0 unspecified atom stereocenters. The summed E-state index contributed by atoms with van der Waals surface area (Å²) in [4.78, 5) is 18.8. The number of amides is 1. The van der Waals surface area contributed by atoms with Gasteiger partial charge in [0.25, 0.3) is 5.91 Å². The van der Waals surface area contributed by atoms with E-state index in [0.717, 1.165) is 12.1 Å².